The number of nitrogens with two attached hydrogens (primary N) is 2. The van der Waals surface area contributed by atoms with E-state index in [2.05, 4.69) is 26.1 Å². The summed E-state index contributed by atoms with van der Waals surface area (Å²) in [6.07, 6.45) is 2.00. The molecule has 0 spiro atoms. The van der Waals surface area contributed by atoms with Gasteiger partial charge in [0.1, 0.15) is 0 Å². The average Bonchev–Trinajstić information content (AvgIpc) is 2.31. The van der Waals surface area contributed by atoms with Crippen LogP contribution in [0, 0.1) is 0 Å². The zero-order valence-corrected chi connectivity index (χ0v) is 10.7. The summed E-state index contributed by atoms with van der Waals surface area (Å²) < 4.78 is 0. The number of nitrogen functional groups attached to an aromatic ring is 1. The van der Waals surface area contributed by atoms with Crippen molar-refractivity contribution in [3.05, 3.63) is 23.8 Å². The first-order chi connectivity index (χ1) is 7.91. The van der Waals surface area contributed by atoms with Gasteiger partial charge in [-0.25, -0.2) is 0 Å². The summed E-state index contributed by atoms with van der Waals surface area (Å²) in [6.45, 7) is 6.41. The maximum Gasteiger partial charge on any atom is 0.248 e. The maximum absolute atomic E-state index is 11.0. The Labute approximate surface area is 102 Å². The van der Waals surface area contributed by atoms with Crippen LogP contribution in [0.25, 0.3) is 0 Å². The largest absolute Gasteiger partial charge is 0.397 e. The smallest absolute Gasteiger partial charge is 0.248 e. The van der Waals surface area contributed by atoms with Crippen molar-refractivity contribution in [2.45, 2.75) is 39.2 Å². The van der Waals surface area contributed by atoms with Gasteiger partial charge in [-0.1, -0.05) is 13.8 Å². The van der Waals surface area contributed by atoms with Crippen LogP contribution in [0.4, 0.5) is 11.4 Å². The lowest BCUT2D eigenvalue weighted by Gasteiger charge is -2.30. The molecule has 4 nitrogen and oxygen atoms in total. The molecule has 0 saturated heterocycles. The van der Waals surface area contributed by atoms with Crippen molar-refractivity contribution < 1.29 is 4.79 Å². The number of hydrogen-bond donors (Lipinski definition) is 3. The summed E-state index contributed by atoms with van der Waals surface area (Å²) in [6, 6.07) is 5.10. The van der Waals surface area contributed by atoms with Crippen molar-refractivity contribution in [1.82, 2.24) is 0 Å². The molecule has 0 aromatic heterocycles. The van der Waals surface area contributed by atoms with Crippen molar-refractivity contribution in [1.29, 1.82) is 0 Å². The molecule has 1 rings (SSSR count). The minimum Gasteiger partial charge on any atom is -0.397 e. The quantitative estimate of drug-likeness (QED) is 0.685. The molecule has 0 aliphatic carbocycles. The summed E-state index contributed by atoms with van der Waals surface area (Å²) in [5, 5.41) is 3.41. The van der Waals surface area contributed by atoms with Gasteiger partial charge >= 0.3 is 0 Å². The number of benzene rings is 1. The zero-order valence-electron chi connectivity index (χ0n) is 10.7. The van der Waals surface area contributed by atoms with Gasteiger partial charge in [-0.05, 0) is 38.0 Å². The van der Waals surface area contributed by atoms with Crippen LogP contribution in [0.15, 0.2) is 18.2 Å². The van der Waals surface area contributed by atoms with E-state index in [0.717, 1.165) is 18.5 Å². The van der Waals surface area contributed by atoms with E-state index < -0.39 is 5.91 Å². The molecule has 4 heteroatoms. The van der Waals surface area contributed by atoms with E-state index in [1.165, 1.54) is 0 Å². The van der Waals surface area contributed by atoms with E-state index in [-0.39, 0.29) is 5.54 Å². The summed E-state index contributed by atoms with van der Waals surface area (Å²) in [5.41, 5.74) is 13.0. The van der Waals surface area contributed by atoms with Gasteiger partial charge in [-0.2, -0.15) is 0 Å². The first-order valence-electron chi connectivity index (χ1n) is 5.89. The maximum atomic E-state index is 11.0. The Hall–Kier alpha value is -1.71. The lowest BCUT2D eigenvalue weighted by molar-refractivity contribution is 0.100. The van der Waals surface area contributed by atoms with Gasteiger partial charge in [0, 0.05) is 11.1 Å². The van der Waals surface area contributed by atoms with E-state index in [1.807, 2.05) is 0 Å². The standard InChI is InChI=1S/C13H21N3O/c1-4-13(3,5-2)16-11-7-6-9(12(15)17)8-10(11)14/h6-8,16H,4-5,14H2,1-3H3,(H2,15,17). The number of primary amides is 1. The van der Waals surface area contributed by atoms with E-state index in [9.17, 15) is 4.79 Å². The van der Waals surface area contributed by atoms with E-state index in [0.29, 0.717) is 11.3 Å². The Kier molecular flexibility index (Phi) is 3.99. The molecule has 0 fully saturated rings. The van der Waals surface area contributed by atoms with Crippen LogP contribution in [0.5, 0.6) is 0 Å². The summed E-state index contributed by atoms with van der Waals surface area (Å²) in [4.78, 5) is 11.0. The van der Waals surface area contributed by atoms with E-state index >= 15 is 0 Å². The van der Waals surface area contributed by atoms with Crippen molar-refractivity contribution in [2.24, 2.45) is 5.73 Å². The molecule has 1 aromatic carbocycles. The van der Waals surface area contributed by atoms with Crippen LogP contribution < -0.4 is 16.8 Å². The number of carbonyl (C=O) groups is 1. The molecule has 1 aromatic rings. The van der Waals surface area contributed by atoms with Crippen LogP contribution in [0.2, 0.25) is 0 Å². The molecule has 0 heterocycles. The Morgan fingerprint density at radius 1 is 1.35 bits per heavy atom. The third-order valence-electron chi connectivity index (χ3n) is 3.33. The second kappa shape index (κ2) is 5.08. The molecular weight excluding hydrogens is 214 g/mol. The van der Waals surface area contributed by atoms with Gasteiger partial charge in [-0.3, -0.25) is 4.79 Å². The number of nitrogens with one attached hydrogen (secondary N) is 1. The molecule has 0 unspecified atom stereocenters. The molecule has 5 N–H and O–H groups in total. The van der Waals surface area contributed by atoms with E-state index in [1.54, 1.807) is 18.2 Å². The van der Waals surface area contributed by atoms with Gasteiger partial charge in [0.05, 0.1) is 11.4 Å². The van der Waals surface area contributed by atoms with Crippen molar-refractivity contribution in [3.8, 4) is 0 Å². The lowest BCUT2D eigenvalue weighted by atomic mass is 9.95. The molecule has 0 aliphatic heterocycles. The van der Waals surface area contributed by atoms with Gasteiger partial charge < -0.3 is 16.8 Å². The minimum absolute atomic E-state index is 0.0162. The summed E-state index contributed by atoms with van der Waals surface area (Å²) in [5.74, 6) is -0.461. The number of hydrogen-bond acceptors (Lipinski definition) is 3. The zero-order chi connectivity index (χ0) is 13.1. The Balaban J connectivity index is 2.97. The number of carbonyl (C=O) groups excluding carboxylic acids is 1. The third kappa shape index (κ3) is 3.12. The molecule has 0 atom stereocenters. The minimum atomic E-state index is -0.461. The summed E-state index contributed by atoms with van der Waals surface area (Å²) >= 11 is 0. The van der Waals surface area contributed by atoms with Crippen LogP contribution in [-0.2, 0) is 0 Å². The highest BCUT2D eigenvalue weighted by Crippen LogP contribution is 2.26. The van der Waals surface area contributed by atoms with Crippen LogP contribution in [0.3, 0.4) is 0 Å². The molecule has 0 bridgehead atoms. The Bertz CT molecular complexity index is 411. The molecule has 0 radical (unpaired) electrons. The summed E-state index contributed by atoms with van der Waals surface area (Å²) in [7, 11) is 0. The molecule has 0 aliphatic rings. The monoisotopic (exact) mass is 235 g/mol. The SMILES string of the molecule is CCC(C)(CC)Nc1ccc(C(N)=O)cc1N. The second-order valence-electron chi connectivity index (χ2n) is 4.56. The van der Waals surface area contributed by atoms with Crippen molar-refractivity contribution in [3.63, 3.8) is 0 Å². The molecular formula is C13H21N3O. The highest BCUT2D eigenvalue weighted by Gasteiger charge is 2.20. The van der Waals surface area contributed by atoms with Crippen LogP contribution >= 0.6 is 0 Å². The fourth-order valence-electron chi connectivity index (χ4n) is 1.58. The van der Waals surface area contributed by atoms with Gasteiger partial charge in [0.25, 0.3) is 0 Å². The molecule has 1 amide bonds. The lowest BCUT2D eigenvalue weighted by Crippen LogP contribution is -2.33. The fraction of sp³-hybridized carbons (Fsp3) is 0.462. The van der Waals surface area contributed by atoms with Gasteiger partial charge in [-0.15, -0.1) is 0 Å². The number of anilines is 2. The highest BCUT2D eigenvalue weighted by molar-refractivity contribution is 5.94. The molecule has 17 heavy (non-hydrogen) atoms. The number of rotatable bonds is 5. The normalized spacial score (nSPS) is 11.2. The van der Waals surface area contributed by atoms with Crippen LogP contribution in [0.1, 0.15) is 44.0 Å². The number of amides is 1. The van der Waals surface area contributed by atoms with E-state index in [4.69, 9.17) is 11.5 Å². The van der Waals surface area contributed by atoms with Gasteiger partial charge in [0.15, 0.2) is 0 Å². The second-order valence-corrected chi connectivity index (χ2v) is 4.56. The Morgan fingerprint density at radius 3 is 2.35 bits per heavy atom. The third-order valence-corrected chi connectivity index (χ3v) is 3.33. The predicted octanol–water partition coefficient (Wildman–Crippen LogP) is 2.36. The average molecular weight is 235 g/mol. The highest BCUT2D eigenvalue weighted by atomic mass is 16.1. The Morgan fingerprint density at radius 2 is 1.94 bits per heavy atom. The first-order valence-corrected chi connectivity index (χ1v) is 5.89. The molecule has 0 saturated carbocycles. The molecule has 94 valence electrons. The van der Waals surface area contributed by atoms with Crippen molar-refractivity contribution >= 4 is 17.3 Å². The van der Waals surface area contributed by atoms with Crippen molar-refractivity contribution in [2.75, 3.05) is 11.1 Å². The first kappa shape index (κ1) is 13.4. The van der Waals surface area contributed by atoms with Crippen LogP contribution in [-0.4, -0.2) is 11.4 Å². The fourth-order valence-corrected chi connectivity index (χ4v) is 1.58. The predicted molar refractivity (Wildman–Crippen MR) is 72.0 cm³/mol. The topological polar surface area (TPSA) is 81.1 Å². The van der Waals surface area contributed by atoms with Gasteiger partial charge in [0.2, 0.25) is 5.91 Å².